The van der Waals surface area contributed by atoms with E-state index in [9.17, 15) is 8.42 Å². The minimum Gasteiger partial charge on any atom is -0.464 e. The number of aromatic nitrogens is 3. The second kappa shape index (κ2) is 7.04. The van der Waals surface area contributed by atoms with Gasteiger partial charge in [-0.2, -0.15) is 15.0 Å². The topological polar surface area (TPSA) is 118 Å². The quantitative estimate of drug-likeness (QED) is 0.573. The average Bonchev–Trinajstić information content (AvgIpc) is 2.38. The van der Waals surface area contributed by atoms with Gasteiger partial charge in [0.15, 0.2) is 0 Å². The van der Waals surface area contributed by atoms with Crippen LogP contribution in [-0.2, 0) is 10.0 Å². The minimum atomic E-state index is -3.26. The molecular formula is C9H18N6O3S. The Bertz CT molecular complexity index is 507. The Labute approximate surface area is 112 Å². The number of hydrogen-bond acceptors (Lipinski definition) is 8. The normalized spacial score (nSPS) is 11.1. The van der Waals surface area contributed by atoms with Crippen LogP contribution in [0.5, 0.6) is 6.01 Å². The van der Waals surface area contributed by atoms with Crippen molar-refractivity contribution in [2.24, 2.45) is 0 Å². The molecule has 0 spiro atoms. The van der Waals surface area contributed by atoms with Crippen LogP contribution in [0.1, 0.15) is 6.92 Å². The van der Waals surface area contributed by atoms with Gasteiger partial charge in [0.1, 0.15) is 0 Å². The van der Waals surface area contributed by atoms with Crippen LogP contribution in [0.2, 0.25) is 0 Å². The summed E-state index contributed by atoms with van der Waals surface area (Å²) < 4.78 is 29.9. The van der Waals surface area contributed by atoms with Crippen LogP contribution in [0, 0.1) is 0 Å². The lowest BCUT2D eigenvalue weighted by Gasteiger charge is -2.08. The Morgan fingerprint density at radius 1 is 1.16 bits per heavy atom. The summed E-state index contributed by atoms with van der Waals surface area (Å²) in [4.78, 5) is 12.0. The molecule has 0 atom stereocenters. The van der Waals surface area contributed by atoms with Gasteiger partial charge in [-0.05, 0) is 14.0 Å². The third-order valence-corrected chi connectivity index (χ3v) is 3.44. The maximum Gasteiger partial charge on any atom is 0.323 e. The zero-order valence-corrected chi connectivity index (χ0v) is 11.9. The van der Waals surface area contributed by atoms with E-state index in [2.05, 4.69) is 30.3 Å². The average molecular weight is 290 g/mol. The van der Waals surface area contributed by atoms with Gasteiger partial charge in [-0.25, -0.2) is 13.1 Å². The molecule has 19 heavy (non-hydrogen) atoms. The molecule has 0 saturated carbocycles. The Hall–Kier alpha value is -1.68. The highest BCUT2D eigenvalue weighted by Gasteiger charge is 2.09. The van der Waals surface area contributed by atoms with E-state index in [1.54, 1.807) is 7.05 Å². The molecule has 0 amide bonds. The fourth-order valence-corrected chi connectivity index (χ4v) is 1.72. The number of anilines is 2. The number of ether oxygens (including phenoxy) is 1. The first-order chi connectivity index (χ1) is 9.00. The van der Waals surface area contributed by atoms with Crippen molar-refractivity contribution >= 4 is 21.9 Å². The molecule has 9 nitrogen and oxygen atoms in total. The summed E-state index contributed by atoms with van der Waals surface area (Å²) in [6.07, 6.45) is 0. The van der Waals surface area contributed by atoms with Gasteiger partial charge in [-0.3, -0.25) is 0 Å². The Kier molecular flexibility index (Phi) is 5.70. The van der Waals surface area contributed by atoms with E-state index >= 15 is 0 Å². The summed E-state index contributed by atoms with van der Waals surface area (Å²) in [6.45, 7) is 2.43. The lowest BCUT2D eigenvalue weighted by molar-refractivity contribution is 0.312. The fourth-order valence-electron chi connectivity index (χ4n) is 1.14. The zero-order valence-electron chi connectivity index (χ0n) is 11.1. The number of nitrogens with one attached hydrogen (secondary N) is 3. The molecule has 0 aliphatic carbocycles. The lowest BCUT2D eigenvalue weighted by Crippen LogP contribution is -2.26. The van der Waals surface area contributed by atoms with Gasteiger partial charge in [0, 0.05) is 13.6 Å². The molecule has 0 unspecified atom stereocenters. The largest absolute Gasteiger partial charge is 0.464 e. The fraction of sp³-hybridized carbons (Fsp3) is 0.667. The summed E-state index contributed by atoms with van der Waals surface area (Å²) in [5, 5.41) is 5.58. The monoisotopic (exact) mass is 290 g/mol. The van der Waals surface area contributed by atoms with Crippen molar-refractivity contribution in [3.05, 3.63) is 0 Å². The summed E-state index contributed by atoms with van der Waals surface area (Å²) in [5.41, 5.74) is 0. The van der Waals surface area contributed by atoms with Crippen molar-refractivity contribution in [3.63, 3.8) is 0 Å². The Morgan fingerprint density at radius 2 is 1.84 bits per heavy atom. The van der Waals surface area contributed by atoms with E-state index in [0.29, 0.717) is 12.6 Å². The standard InChI is InChI=1S/C9H18N6O3S/c1-4-18-9-14-7(10-2)13-8(15-9)12-5-6-19(16,17)11-3/h11H,4-6H2,1-3H3,(H2,10,12,13,14,15). The van der Waals surface area contributed by atoms with Gasteiger partial charge in [0.25, 0.3) is 0 Å². The number of rotatable bonds is 8. The molecule has 0 radical (unpaired) electrons. The molecule has 0 bridgehead atoms. The van der Waals surface area contributed by atoms with Crippen molar-refractivity contribution in [2.45, 2.75) is 6.92 Å². The van der Waals surface area contributed by atoms with E-state index < -0.39 is 10.0 Å². The predicted octanol–water partition coefficient (Wildman–Crippen LogP) is -0.727. The SMILES string of the molecule is CCOc1nc(NC)nc(NCCS(=O)(=O)NC)n1. The third kappa shape index (κ3) is 5.22. The van der Waals surface area contributed by atoms with Gasteiger partial charge < -0.3 is 15.4 Å². The summed E-state index contributed by atoms with van der Waals surface area (Å²) in [6, 6.07) is 0.181. The predicted molar refractivity (Wildman–Crippen MR) is 71.9 cm³/mol. The first kappa shape index (κ1) is 15.4. The van der Waals surface area contributed by atoms with E-state index in [1.165, 1.54) is 7.05 Å². The maximum absolute atomic E-state index is 11.2. The van der Waals surface area contributed by atoms with Crippen molar-refractivity contribution in [1.82, 2.24) is 19.7 Å². The smallest absolute Gasteiger partial charge is 0.323 e. The van der Waals surface area contributed by atoms with E-state index in [0.717, 1.165) is 0 Å². The minimum absolute atomic E-state index is 0.0754. The second-order valence-electron chi connectivity index (χ2n) is 3.40. The highest BCUT2D eigenvalue weighted by Crippen LogP contribution is 2.10. The van der Waals surface area contributed by atoms with Crippen LogP contribution in [0.15, 0.2) is 0 Å². The summed E-state index contributed by atoms with van der Waals surface area (Å²) in [5.74, 6) is 0.528. The van der Waals surface area contributed by atoms with E-state index in [4.69, 9.17) is 4.74 Å². The molecule has 1 heterocycles. The molecular weight excluding hydrogens is 272 g/mol. The zero-order chi connectivity index (χ0) is 14.3. The number of hydrogen-bond donors (Lipinski definition) is 3. The molecule has 1 aromatic heterocycles. The summed E-state index contributed by atoms with van der Waals surface area (Å²) >= 11 is 0. The van der Waals surface area contributed by atoms with Gasteiger partial charge in [0.05, 0.1) is 12.4 Å². The van der Waals surface area contributed by atoms with E-state index in [-0.39, 0.29) is 24.3 Å². The molecule has 3 N–H and O–H groups in total. The van der Waals surface area contributed by atoms with Crippen LogP contribution < -0.4 is 20.1 Å². The Morgan fingerprint density at radius 3 is 2.42 bits per heavy atom. The molecule has 1 rings (SSSR count). The van der Waals surface area contributed by atoms with Crippen LogP contribution in [-0.4, -0.2) is 56.4 Å². The molecule has 0 aliphatic heterocycles. The highest BCUT2D eigenvalue weighted by molar-refractivity contribution is 7.89. The molecule has 0 saturated heterocycles. The Balaban J connectivity index is 2.69. The van der Waals surface area contributed by atoms with Crippen molar-refractivity contribution in [3.8, 4) is 6.01 Å². The van der Waals surface area contributed by atoms with Crippen LogP contribution in [0.25, 0.3) is 0 Å². The molecule has 10 heteroatoms. The molecule has 108 valence electrons. The highest BCUT2D eigenvalue weighted by atomic mass is 32.2. The lowest BCUT2D eigenvalue weighted by atomic mass is 10.7. The second-order valence-corrected chi connectivity index (χ2v) is 5.44. The third-order valence-electron chi connectivity index (χ3n) is 2.08. The van der Waals surface area contributed by atoms with Gasteiger partial charge in [0.2, 0.25) is 21.9 Å². The number of nitrogens with zero attached hydrogens (tertiary/aromatic N) is 3. The van der Waals surface area contributed by atoms with Crippen molar-refractivity contribution in [1.29, 1.82) is 0 Å². The van der Waals surface area contributed by atoms with Crippen LogP contribution in [0.3, 0.4) is 0 Å². The first-order valence-electron chi connectivity index (χ1n) is 5.72. The van der Waals surface area contributed by atoms with Gasteiger partial charge in [-0.1, -0.05) is 0 Å². The van der Waals surface area contributed by atoms with Crippen molar-refractivity contribution in [2.75, 3.05) is 43.6 Å². The summed E-state index contributed by atoms with van der Waals surface area (Å²) in [7, 11) is -0.224. The van der Waals surface area contributed by atoms with Crippen LogP contribution in [0.4, 0.5) is 11.9 Å². The van der Waals surface area contributed by atoms with Crippen molar-refractivity contribution < 1.29 is 13.2 Å². The van der Waals surface area contributed by atoms with Gasteiger partial charge >= 0.3 is 6.01 Å². The molecule has 1 aromatic rings. The van der Waals surface area contributed by atoms with E-state index in [1.807, 2.05) is 6.92 Å². The number of sulfonamides is 1. The van der Waals surface area contributed by atoms with Crippen LogP contribution >= 0.6 is 0 Å². The first-order valence-corrected chi connectivity index (χ1v) is 7.37. The molecule has 0 aliphatic rings. The maximum atomic E-state index is 11.2. The van der Waals surface area contributed by atoms with Gasteiger partial charge in [-0.15, -0.1) is 0 Å². The molecule has 0 aromatic carbocycles. The molecule has 0 fully saturated rings.